The number of piperazine rings is 1. The van der Waals surface area contributed by atoms with E-state index in [0.29, 0.717) is 31.2 Å². The molecule has 29 heavy (non-hydrogen) atoms. The van der Waals surface area contributed by atoms with E-state index in [0.717, 1.165) is 35.6 Å². The Bertz CT molecular complexity index is 994. The number of para-hydroxylation sites is 1. The molecule has 0 saturated carbocycles. The molecule has 1 fully saturated rings. The molecule has 1 amide bonds. The van der Waals surface area contributed by atoms with Crippen LogP contribution in [0.4, 0.5) is 5.82 Å². The van der Waals surface area contributed by atoms with Crippen LogP contribution in [0, 0.1) is 5.92 Å². The molecule has 2 heterocycles. The number of ether oxygens (including phenoxy) is 1. The standard InChI is InChI=1S/C24H27N3O2/c1-18(2)17-29-21-8-5-7-20(16-21)24(28)27-14-12-26(13-15-27)23-11-10-19-6-3-4-9-22(19)25-23/h3-11,16,18H,12-15,17H2,1-2H3. The average Bonchev–Trinajstić information content (AvgIpc) is 2.77. The van der Waals surface area contributed by atoms with Crippen molar-refractivity contribution in [1.29, 1.82) is 0 Å². The third-order valence-corrected chi connectivity index (χ3v) is 5.14. The fourth-order valence-electron chi connectivity index (χ4n) is 3.53. The van der Waals surface area contributed by atoms with Crippen LogP contribution in [0.2, 0.25) is 0 Å². The van der Waals surface area contributed by atoms with Gasteiger partial charge in [-0.3, -0.25) is 4.79 Å². The van der Waals surface area contributed by atoms with Crippen molar-refractivity contribution >= 4 is 22.6 Å². The molecule has 1 aliphatic rings. The largest absolute Gasteiger partial charge is 0.493 e. The maximum Gasteiger partial charge on any atom is 0.254 e. The molecule has 5 nitrogen and oxygen atoms in total. The van der Waals surface area contributed by atoms with Gasteiger partial charge in [-0.05, 0) is 42.3 Å². The van der Waals surface area contributed by atoms with E-state index >= 15 is 0 Å². The summed E-state index contributed by atoms with van der Waals surface area (Å²) in [5.74, 6) is 2.24. The highest BCUT2D eigenvalue weighted by Gasteiger charge is 2.23. The second-order valence-electron chi connectivity index (χ2n) is 7.87. The zero-order valence-electron chi connectivity index (χ0n) is 17.0. The molecule has 3 aromatic rings. The molecule has 0 spiro atoms. The molecule has 1 aromatic heterocycles. The number of aromatic nitrogens is 1. The summed E-state index contributed by atoms with van der Waals surface area (Å²) in [5, 5.41) is 1.14. The van der Waals surface area contributed by atoms with Crippen molar-refractivity contribution in [3.05, 3.63) is 66.2 Å². The zero-order chi connectivity index (χ0) is 20.2. The minimum atomic E-state index is 0.0612. The van der Waals surface area contributed by atoms with Gasteiger partial charge in [0.05, 0.1) is 12.1 Å². The van der Waals surface area contributed by atoms with Crippen LogP contribution >= 0.6 is 0 Å². The van der Waals surface area contributed by atoms with E-state index in [2.05, 4.69) is 36.9 Å². The van der Waals surface area contributed by atoms with Gasteiger partial charge in [-0.2, -0.15) is 0 Å². The summed E-state index contributed by atoms with van der Waals surface area (Å²) in [6.45, 7) is 7.79. The van der Waals surface area contributed by atoms with Gasteiger partial charge < -0.3 is 14.5 Å². The Kier molecular flexibility index (Phi) is 5.65. The minimum absolute atomic E-state index is 0.0612. The molecule has 0 radical (unpaired) electrons. The Hall–Kier alpha value is -3.08. The summed E-state index contributed by atoms with van der Waals surface area (Å²) in [7, 11) is 0. The summed E-state index contributed by atoms with van der Waals surface area (Å²) >= 11 is 0. The predicted octanol–water partition coefficient (Wildman–Crippen LogP) is 4.23. The van der Waals surface area contributed by atoms with Crippen LogP contribution in [0.1, 0.15) is 24.2 Å². The lowest BCUT2D eigenvalue weighted by Gasteiger charge is -2.35. The second kappa shape index (κ2) is 8.52. The maximum absolute atomic E-state index is 12.9. The number of pyridine rings is 1. The second-order valence-corrected chi connectivity index (χ2v) is 7.87. The number of carbonyl (C=O) groups is 1. The predicted molar refractivity (Wildman–Crippen MR) is 117 cm³/mol. The van der Waals surface area contributed by atoms with Crippen molar-refractivity contribution in [3.8, 4) is 5.75 Å². The van der Waals surface area contributed by atoms with Crippen LogP contribution in [-0.4, -0.2) is 48.6 Å². The smallest absolute Gasteiger partial charge is 0.254 e. The lowest BCUT2D eigenvalue weighted by Crippen LogP contribution is -2.49. The SMILES string of the molecule is CC(C)COc1cccc(C(=O)N2CCN(c3ccc4ccccc4n3)CC2)c1. The lowest BCUT2D eigenvalue weighted by atomic mass is 10.1. The van der Waals surface area contributed by atoms with Crippen molar-refractivity contribution in [3.63, 3.8) is 0 Å². The van der Waals surface area contributed by atoms with E-state index < -0.39 is 0 Å². The molecule has 0 N–H and O–H groups in total. The summed E-state index contributed by atoms with van der Waals surface area (Å²) < 4.78 is 5.77. The quantitative estimate of drug-likeness (QED) is 0.655. The van der Waals surface area contributed by atoms with Gasteiger partial charge in [0.1, 0.15) is 11.6 Å². The first-order chi connectivity index (χ1) is 14.1. The van der Waals surface area contributed by atoms with Crippen molar-refractivity contribution in [1.82, 2.24) is 9.88 Å². The van der Waals surface area contributed by atoms with E-state index in [4.69, 9.17) is 9.72 Å². The van der Waals surface area contributed by atoms with E-state index in [1.165, 1.54) is 0 Å². The van der Waals surface area contributed by atoms with Gasteiger partial charge in [0.15, 0.2) is 0 Å². The van der Waals surface area contributed by atoms with Gasteiger partial charge in [-0.1, -0.05) is 38.1 Å². The molecule has 1 saturated heterocycles. The number of benzene rings is 2. The van der Waals surface area contributed by atoms with Crippen LogP contribution in [0.3, 0.4) is 0 Å². The van der Waals surface area contributed by atoms with Crippen LogP contribution < -0.4 is 9.64 Å². The van der Waals surface area contributed by atoms with Crippen molar-refractivity contribution in [2.45, 2.75) is 13.8 Å². The number of hydrogen-bond acceptors (Lipinski definition) is 4. The molecule has 2 aromatic carbocycles. The van der Waals surface area contributed by atoms with E-state index in [-0.39, 0.29) is 5.91 Å². The number of nitrogens with zero attached hydrogens (tertiary/aromatic N) is 3. The summed E-state index contributed by atoms with van der Waals surface area (Å²) in [6.07, 6.45) is 0. The van der Waals surface area contributed by atoms with Crippen LogP contribution in [0.5, 0.6) is 5.75 Å². The molecule has 0 aliphatic carbocycles. The normalized spacial score (nSPS) is 14.4. The van der Waals surface area contributed by atoms with Crippen molar-refractivity contribution in [2.75, 3.05) is 37.7 Å². The molecule has 4 rings (SSSR count). The molecular weight excluding hydrogens is 362 g/mol. The number of hydrogen-bond donors (Lipinski definition) is 0. The monoisotopic (exact) mass is 389 g/mol. The summed E-state index contributed by atoms with van der Waals surface area (Å²) in [6, 6.07) is 19.8. The van der Waals surface area contributed by atoms with Crippen LogP contribution in [0.25, 0.3) is 10.9 Å². The molecule has 5 heteroatoms. The van der Waals surface area contributed by atoms with Gasteiger partial charge >= 0.3 is 0 Å². The first kappa shape index (κ1) is 19.2. The lowest BCUT2D eigenvalue weighted by molar-refractivity contribution is 0.0746. The third-order valence-electron chi connectivity index (χ3n) is 5.14. The highest BCUT2D eigenvalue weighted by Crippen LogP contribution is 2.21. The Morgan fingerprint density at radius 3 is 2.59 bits per heavy atom. The van der Waals surface area contributed by atoms with Crippen molar-refractivity contribution in [2.24, 2.45) is 5.92 Å². The number of carbonyl (C=O) groups excluding carboxylic acids is 1. The van der Waals surface area contributed by atoms with Gasteiger partial charge in [0.2, 0.25) is 0 Å². The summed E-state index contributed by atoms with van der Waals surface area (Å²) in [4.78, 5) is 21.9. The van der Waals surface area contributed by atoms with Gasteiger partial charge in [0.25, 0.3) is 5.91 Å². The Labute approximate surface area is 171 Å². The van der Waals surface area contributed by atoms with E-state index in [1.54, 1.807) is 0 Å². The molecule has 1 aliphatic heterocycles. The zero-order valence-corrected chi connectivity index (χ0v) is 17.0. The maximum atomic E-state index is 12.9. The van der Waals surface area contributed by atoms with Crippen LogP contribution in [0.15, 0.2) is 60.7 Å². The molecule has 0 atom stereocenters. The number of amides is 1. The molecule has 150 valence electrons. The van der Waals surface area contributed by atoms with E-state index in [9.17, 15) is 4.79 Å². The molecular formula is C24H27N3O2. The number of anilines is 1. The topological polar surface area (TPSA) is 45.7 Å². The van der Waals surface area contributed by atoms with Gasteiger partial charge in [-0.25, -0.2) is 4.98 Å². The first-order valence-electron chi connectivity index (χ1n) is 10.2. The highest BCUT2D eigenvalue weighted by molar-refractivity contribution is 5.94. The summed E-state index contributed by atoms with van der Waals surface area (Å²) in [5.41, 5.74) is 1.69. The van der Waals surface area contributed by atoms with Crippen molar-refractivity contribution < 1.29 is 9.53 Å². The Balaban J connectivity index is 1.40. The Morgan fingerprint density at radius 1 is 1.00 bits per heavy atom. The molecule has 0 bridgehead atoms. The molecule has 0 unspecified atom stereocenters. The number of rotatable bonds is 5. The fourth-order valence-corrected chi connectivity index (χ4v) is 3.53. The number of fused-ring (bicyclic) bond motifs is 1. The first-order valence-corrected chi connectivity index (χ1v) is 10.2. The van der Waals surface area contributed by atoms with Gasteiger partial charge in [-0.15, -0.1) is 0 Å². The average molecular weight is 389 g/mol. The third kappa shape index (κ3) is 4.50. The van der Waals surface area contributed by atoms with Crippen LogP contribution in [-0.2, 0) is 0 Å². The minimum Gasteiger partial charge on any atom is -0.493 e. The Morgan fingerprint density at radius 2 is 1.79 bits per heavy atom. The highest BCUT2D eigenvalue weighted by atomic mass is 16.5. The van der Waals surface area contributed by atoms with Gasteiger partial charge in [0, 0.05) is 37.1 Å². The van der Waals surface area contributed by atoms with E-state index in [1.807, 2.05) is 47.4 Å². The fraction of sp³-hybridized carbons (Fsp3) is 0.333.